The van der Waals surface area contributed by atoms with Gasteiger partial charge >= 0.3 is 5.97 Å². The second kappa shape index (κ2) is 8.67. The molecule has 9 heteroatoms. The molecule has 2 heterocycles. The Balaban J connectivity index is 1.90. The van der Waals surface area contributed by atoms with Gasteiger partial charge in [-0.3, -0.25) is 9.59 Å². The summed E-state index contributed by atoms with van der Waals surface area (Å²) in [6.07, 6.45) is 2.58. The number of carbonyl (C=O) groups excluding carboxylic acids is 2. The van der Waals surface area contributed by atoms with Gasteiger partial charge in [0.1, 0.15) is 17.5 Å². The van der Waals surface area contributed by atoms with E-state index in [1.165, 1.54) is 18.0 Å². The third-order valence-electron chi connectivity index (χ3n) is 3.97. The van der Waals surface area contributed by atoms with Crippen LogP contribution in [0.5, 0.6) is 0 Å². The van der Waals surface area contributed by atoms with Gasteiger partial charge in [0.05, 0.1) is 24.0 Å². The highest BCUT2D eigenvalue weighted by atomic mass is 32.2. The van der Waals surface area contributed by atoms with Crippen LogP contribution in [-0.4, -0.2) is 51.7 Å². The fourth-order valence-corrected chi connectivity index (χ4v) is 3.41. The van der Waals surface area contributed by atoms with Crippen LogP contribution in [0.15, 0.2) is 11.4 Å². The minimum Gasteiger partial charge on any atom is -0.466 e. The molecule has 1 amide bonds. The Morgan fingerprint density at radius 3 is 2.76 bits per heavy atom. The number of nitrogen functional groups attached to an aromatic ring is 1. The molecular weight excluding hydrogens is 342 g/mol. The van der Waals surface area contributed by atoms with Crippen molar-refractivity contribution in [3.8, 4) is 6.07 Å². The van der Waals surface area contributed by atoms with Crippen molar-refractivity contribution in [3.05, 3.63) is 11.8 Å². The number of hydrogen-bond donors (Lipinski definition) is 1. The molecule has 0 spiro atoms. The monoisotopic (exact) mass is 363 g/mol. The van der Waals surface area contributed by atoms with Gasteiger partial charge in [-0.1, -0.05) is 11.8 Å². The zero-order valence-corrected chi connectivity index (χ0v) is 15.1. The van der Waals surface area contributed by atoms with E-state index in [-0.39, 0.29) is 34.4 Å². The number of amides is 1. The van der Waals surface area contributed by atoms with Gasteiger partial charge in [0.25, 0.3) is 0 Å². The second-order valence-corrected chi connectivity index (χ2v) is 6.98. The van der Waals surface area contributed by atoms with Gasteiger partial charge in [-0.15, -0.1) is 0 Å². The average molecular weight is 363 g/mol. The molecule has 1 saturated heterocycles. The number of thioether (sulfide) groups is 1. The summed E-state index contributed by atoms with van der Waals surface area (Å²) < 4.78 is 5.04. The first kappa shape index (κ1) is 19.0. The van der Waals surface area contributed by atoms with Crippen LogP contribution in [0.4, 0.5) is 5.82 Å². The summed E-state index contributed by atoms with van der Waals surface area (Å²) in [7, 11) is 0. The SMILES string of the molecule is CCOC(=O)C1CCN(C(=O)C(C)Sc2ncc(C#N)c(N)n2)CC1. The highest BCUT2D eigenvalue weighted by molar-refractivity contribution is 8.00. The number of nitrogens with zero attached hydrogens (tertiary/aromatic N) is 4. The molecule has 0 aliphatic carbocycles. The maximum absolute atomic E-state index is 12.6. The molecule has 1 atom stereocenters. The lowest BCUT2D eigenvalue weighted by Crippen LogP contribution is -2.43. The second-order valence-electron chi connectivity index (χ2n) is 5.67. The molecule has 2 N–H and O–H groups in total. The number of rotatable bonds is 5. The van der Waals surface area contributed by atoms with Gasteiger partial charge in [0.2, 0.25) is 5.91 Å². The Morgan fingerprint density at radius 2 is 2.20 bits per heavy atom. The first-order chi connectivity index (χ1) is 12.0. The van der Waals surface area contributed by atoms with E-state index in [4.69, 9.17) is 15.7 Å². The van der Waals surface area contributed by atoms with Crippen molar-refractivity contribution >= 4 is 29.5 Å². The van der Waals surface area contributed by atoms with E-state index in [9.17, 15) is 9.59 Å². The molecule has 1 fully saturated rings. The maximum atomic E-state index is 12.6. The van der Waals surface area contributed by atoms with Crippen molar-refractivity contribution in [2.75, 3.05) is 25.4 Å². The summed E-state index contributed by atoms with van der Waals surface area (Å²) in [4.78, 5) is 34.2. The Bertz CT molecular complexity index is 683. The van der Waals surface area contributed by atoms with Crippen molar-refractivity contribution in [3.63, 3.8) is 0 Å². The molecule has 0 saturated carbocycles. The summed E-state index contributed by atoms with van der Waals surface area (Å²) >= 11 is 1.20. The largest absolute Gasteiger partial charge is 0.466 e. The molecule has 1 aliphatic heterocycles. The minimum atomic E-state index is -0.383. The number of nitrogens with two attached hydrogens (primary N) is 1. The van der Waals surface area contributed by atoms with Gasteiger partial charge in [-0.2, -0.15) is 5.26 Å². The number of carbonyl (C=O) groups is 2. The van der Waals surface area contributed by atoms with Gasteiger partial charge in [0.15, 0.2) is 5.16 Å². The fourth-order valence-electron chi connectivity index (χ4n) is 2.58. The minimum absolute atomic E-state index is 0.0289. The first-order valence-electron chi connectivity index (χ1n) is 8.11. The van der Waals surface area contributed by atoms with Gasteiger partial charge in [-0.05, 0) is 26.7 Å². The molecule has 0 aromatic carbocycles. The number of aromatic nitrogens is 2. The number of nitriles is 1. The molecule has 1 aliphatic rings. The summed E-state index contributed by atoms with van der Waals surface area (Å²) in [5, 5.41) is 8.81. The van der Waals surface area contributed by atoms with E-state index in [1.807, 2.05) is 6.07 Å². The van der Waals surface area contributed by atoms with Gasteiger partial charge in [-0.25, -0.2) is 9.97 Å². The van der Waals surface area contributed by atoms with Crippen molar-refractivity contribution in [1.29, 1.82) is 5.26 Å². The van der Waals surface area contributed by atoms with Gasteiger partial charge in [0, 0.05) is 13.1 Å². The maximum Gasteiger partial charge on any atom is 0.309 e. The number of piperidine rings is 1. The Hall–Kier alpha value is -2.34. The molecule has 8 nitrogen and oxygen atoms in total. The lowest BCUT2D eigenvalue weighted by Gasteiger charge is -2.32. The molecule has 2 rings (SSSR count). The third-order valence-corrected chi connectivity index (χ3v) is 4.94. The van der Waals surface area contributed by atoms with Crippen LogP contribution in [0, 0.1) is 17.2 Å². The molecule has 1 unspecified atom stereocenters. The average Bonchev–Trinajstić information content (AvgIpc) is 2.61. The van der Waals surface area contributed by atoms with E-state index in [0.29, 0.717) is 37.7 Å². The smallest absolute Gasteiger partial charge is 0.309 e. The normalized spacial score (nSPS) is 16.1. The lowest BCUT2D eigenvalue weighted by atomic mass is 9.97. The molecule has 0 bridgehead atoms. The molecule has 134 valence electrons. The van der Waals surface area contributed by atoms with Crippen molar-refractivity contribution in [2.45, 2.75) is 37.1 Å². The summed E-state index contributed by atoms with van der Waals surface area (Å²) in [5.41, 5.74) is 5.88. The summed E-state index contributed by atoms with van der Waals surface area (Å²) in [6.45, 7) is 5.00. The quantitative estimate of drug-likeness (QED) is 0.470. The van der Waals surface area contributed by atoms with E-state index in [1.54, 1.807) is 18.7 Å². The summed E-state index contributed by atoms with van der Waals surface area (Å²) in [5.74, 6) is -0.235. The molecular formula is C16H21N5O3S. The highest BCUT2D eigenvalue weighted by Crippen LogP contribution is 2.25. The lowest BCUT2D eigenvalue weighted by molar-refractivity contribution is -0.151. The van der Waals surface area contributed by atoms with Crippen molar-refractivity contribution < 1.29 is 14.3 Å². The molecule has 0 radical (unpaired) electrons. The highest BCUT2D eigenvalue weighted by Gasteiger charge is 2.30. The molecule has 1 aromatic rings. The Labute approximate surface area is 150 Å². The Morgan fingerprint density at radius 1 is 1.52 bits per heavy atom. The van der Waals surface area contributed by atoms with Crippen LogP contribution in [0.1, 0.15) is 32.3 Å². The van der Waals surface area contributed by atoms with Crippen LogP contribution in [0.25, 0.3) is 0 Å². The Kier molecular flexibility index (Phi) is 6.58. The predicted octanol–water partition coefficient (Wildman–Crippen LogP) is 1.21. The zero-order valence-electron chi connectivity index (χ0n) is 14.3. The van der Waals surface area contributed by atoms with E-state index >= 15 is 0 Å². The first-order valence-corrected chi connectivity index (χ1v) is 8.98. The van der Waals surface area contributed by atoms with E-state index < -0.39 is 0 Å². The van der Waals surface area contributed by atoms with Crippen LogP contribution < -0.4 is 5.73 Å². The molecule has 25 heavy (non-hydrogen) atoms. The standard InChI is InChI=1S/C16H21N5O3S/c1-3-24-15(23)11-4-6-21(7-5-11)14(22)10(2)25-16-19-9-12(8-17)13(18)20-16/h9-11H,3-7H2,1-2H3,(H2,18,19,20). The number of likely N-dealkylation sites (tertiary alicyclic amines) is 1. The topological polar surface area (TPSA) is 122 Å². The van der Waals surface area contributed by atoms with Crippen molar-refractivity contribution in [2.24, 2.45) is 5.92 Å². The van der Waals surface area contributed by atoms with Crippen LogP contribution >= 0.6 is 11.8 Å². The van der Waals surface area contributed by atoms with Crippen LogP contribution in [0.3, 0.4) is 0 Å². The van der Waals surface area contributed by atoms with E-state index in [0.717, 1.165) is 0 Å². The number of hydrogen-bond acceptors (Lipinski definition) is 8. The zero-order chi connectivity index (χ0) is 18.4. The predicted molar refractivity (Wildman–Crippen MR) is 92.4 cm³/mol. The van der Waals surface area contributed by atoms with Crippen LogP contribution in [0.2, 0.25) is 0 Å². The molecule has 1 aromatic heterocycles. The van der Waals surface area contributed by atoms with Crippen molar-refractivity contribution in [1.82, 2.24) is 14.9 Å². The number of anilines is 1. The third kappa shape index (κ3) is 4.82. The van der Waals surface area contributed by atoms with E-state index in [2.05, 4.69) is 9.97 Å². The van der Waals surface area contributed by atoms with Gasteiger partial charge < -0.3 is 15.4 Å². The fraction of sp³-hybridized carbons (Fsp3) is 0.562. The number of esters is 1. The van der Waals surface area contributed by atoms with Crippen LogP contribution in [-0.2, 0) is 14.3 Å². The number of ether oxygens (including phenoxy) is 1. The summed E-state index contributed by atoms with van der Waals surface area (Å²) in [6, 6.07) is 1.90.